The summed E-state index contributed by atoms with van der Waals surface area (Å²) in [5.74, 6) is 0.840. The Morgan fingerprint density at radius 3 is 2.53 bits per heavy atom. The first-order chi connectivity index (χ1) is 15.4. The van der Waals surface area contributed by atoms with Crippen LogP contribution >= 0.6 is 23.2 Å². The molecule has 1 aliphatic carbocycles. The predicted octanol–water partition coefficient (Wildman–Crippen LogP) is 7.18. The number of rotatable bonds is 4. The van der Waals surface area contributed by atoms with Crippen molar-refractivity contribution >= 4 is 29.1 Å². The van der Waals surface area contributed by atoms with Crippen LogP contribution in [0.1, 0.15) is 56.1 Å². The van der Waals surface area contributed by atoms with Gasteiger partial charge < -0.3 is 10.3 Å². The highest BCUT2D eigenvalue weighted by Gasteiger charge is 2.59. The zero-order chi connectivity index (χ0) is 22.5. The molecule has 32 heavy (non-hydrogen) atoms. The Bertz CT molecular complexity index is 1130. The first-order valence-electron chi connectivity index (χ1n) is 11.4. The zero-order valence-electron chi connectivity index (χ0n) is 18.4. The van der Waals surface area contributed by atoms with E-state index in [0.717, 1.165) is 46.1 Å². The van der Waals surface area contributed by atoms with Gasteiger partial charge in [-0.3, -0.25) is 4.79 Å². The fourth-order valence-corrected chi connectivity index (χ4v) is 6.85. The van der Waals surface area contributed by atoms with E-state index in [2.05, 4.69) is 60.5 Å². The van der Waals surface area contributed by atoms with Gasteiger partial charge >= 0.3 is 0 Å². The second-order valence-corrected chi connectivity index (χ2v) is 10.2. The van der Waals surface area contributed by atoms with Crippen molar-refractivity contribution in [1.82, 2.24) is 10.3 Å². The van der Waals surface area contributed by atoms with E-state index < -0.39 is 0 Å². The molecule has 5 rings (SSSR count). The van der Waals surface area contributed by atoms with E-state index >= 15 is 0 Å². The van der Waals surface area contributed by atoms with Gasteiger partial charge in [-0.2, -0.15) is 0 Å². The van der Waals surface area contributed by atoms with Crippen molar-refractivity contribution in [3.63, 3.8) is 0 Å². The van der Waals surface area contributed by atoms with Crippen LogP contribution in [0, 0.1) is 11.3 Å². The molecule has 0 radical (unpaired) electrons. The lowest BCUT2D eigenvalue weighted by molar-refractivity contribution is -0.131. The fourth-order valence-electron chi connectivity index (χ4n) is 6.40. The van der Waals surface area contributed by atoms with Crippen LogP contribution in [0.25, 0.3) is 11.3 Å². The molecule has 5 atom stereocenters. The van der Waals surface area contributed by atoms with Crippen molar-refractivity contribution in [2.45, 2.75) is 51.0 Å². The molecular formula is C27H28Cl2N2O. The third kappa shape index (κ3) is 3.38. The van der Waals surface area contributed by atoms with E-state index in [0.29, 0.717) is 0 Å². The van der Waals surface area contributed by atoms with Crippen LogP contribution in [0.3, 0.4) is 0 Å². The number of aromatic amines is 1. The Morgan fingerprint density at radius 2 is 1.88 bits per heavy atom. The van der Waals surface area contributed by atoms with Gasteiger partial charge in [0.2, 0.25) is 5.91 Å². The summed E-state index contributed by atoms with van der Waals surface area (Å²) in [6.45, 7) is 4.31. The molecule has 0 unspecified atom stereocenters. The number of H-pyrrole nitrogens is 1. The maximum atomic E-state index is 13.1. The lowest BCUT2D eigenvalue weighted by atomic mass is 9.54. The van der Waals surface area contributed by atoms with Crippen molar-refractivity contribution in [2.24, 2.45) is 11.3 Å². The van der Waals surface area contributed by atoms with E-state index in [1.807, 2.05) is 24.4 Å². The summed E-state index contributed by atoms with van der Waals surface area (Å²) in [4.78, 5) is 16.4. The van der Waals surface area contributed by atoms with Crippen LogP contribution in [0.4, 0.5) is 0 Å². The number of hydrogen-bond donors (Lipinski definition) is 2. The maximum Gasteiger partial charge on any atom is 0.226 e. The van der Waals surface area contributed by atoms with Gasteiger partial charge in [-0.25, -0.2) is 0 Å². The molecule has 1 saturated heterocycles. The fraction of sp³-hybridized carbons (Fsp3) is 0.370. The highest BCUT2D eigenvalue weighted by molar-refractivity contribution is 6.31. The Balaban J connectivity index is 1.61. The smallest absolute Gasteiger partial charge is 0.226 e. The number of fused-ring (bicyclic) bond motifs is 1. The normalized spacial score (nSPS) is 29.6. The molecule has 2 heterocycles. The van der Waals surface area contributed by atoms with E-state index in [1.54, 1.807) is 0 Å². The number of aromatic nitrogens is 1. The van der Waals surface area contributed by atoms with Crippen LogP contribution in [-0.2, 0) is 4.79 Å². The maximum absolute atomic E-state index is 13.1. The van der Waals surface area contributed by atoms with Gasteiger partial charge in [0.05, 0.1) is 5.41 Å². The van der Waals surface area contributed by atoms with Gasteiger partial charge in [0.1, 0.15) is 0 Å². The number of halogens is 2. The average molecular weight is 467 g/mol. The topological polar surface area (TPSA) is 44.9 Å². The van der Waals surface area contributed by atoms with Crippen molar-refractivity contribution in [1.29, 1.82) is 0 Å². The van der Waals surface area contributed by atoms with Crippen molar-refractivity contribution in [3.8, 4) is 11.3 Å². The number of amides is 1. The number of carbonyl (C=O) groups excluding carboxylic acids is 1. The largest absolute Gasteiger partial charge is 0.361 e. The molecule has 1 aliphatic heterocycles. The highest BCUT2D eigenvalue weighted by Crippen LogP contribution is 2.60. The second kappa shape index (κ2) is 8.28. The summed E-state index contributed by atoms with van der Waals surface area (Å²) >= 11 is 13.1. The summed E-state index contributed by atoms with van der Waals surface area (Å²) < 4.78 is 0. The first-order valence-corrected chi connectivity index (χ1v) is 12.2. The summed E-state index contributed by atoms with van der Waals surface area (Å²) in [7, 11) is 0. The van der Waals surface area contributed by atoms with Crippen LogP contribution in [0.5, 0.6) is 0 Å². The molecule has 166 valence electrons. The summed E-state index contributed by atoms with van der Waals surface area (Å²) in [6.07, 6.45) is 4.59. The van der Waals surface area contributed by atoms with E-state index in [1.165, 1.54) is 5.56 Å². The number of carbonyl (C=O) groups is 1. The second-order valence-electron chi connectivity index (χ2n) is 9.34. The molecule has 1 aromatic heterocycles. The SMILES string of the molecule is CC[C@@]12CC[C@@H](c3ccc(-c4ccc[nH]4)cc3Cl)[C@H](c3ccc(Cl)cc3)[C@@H]1[C@@H](C)NC2=O. The lowest BCUT2D eigenvalue weighted by Crippen LogP contribution is -2.43. The highest BCUT2D eigenvalue weighted by atomic mass is 35.5. The van der Waals surface area contributed by atoms with Gasteiger partial charge in [-0.15, -0.1) is 0 Å². The molecule has 1 amide bonds. The third-order valence-corrected chi connectivity index (χ3v) is 8.48. The molecular weight excluding hydrogens is 439 g/mol. The van der Waals surface area contributed by atoms with Gasteiger partial charge in [-0.05, 0) is 85.0 Å². The van der Waals surface area contributed by atoms with E-state index in [4.69, 9.17) is 23.2 Å². The monoisotopic (exact) mass is 466 g/mol. The average Bonchev–Trinajstić information content (AvgIpc) is 3.41. The van der Waals surface area contributed by atoms with E-state index in [9.17, 15) is 4.79 Å². The Kier molecular flexibility index (Phi) is 5.59. The molecule has 5 heteroatoms. The quantitative estimate of drug-likeness (QED) is 0.419. The Morgan fingerprint density at radius 1 is 1.09 bits per heavy atom. The number of benzene rings is 2. The standard InChI is InChI=1S/C27H28Cl2N2O/c1-3-27-13-12-21(20-11-8-18(15-22(20)29)23-5-4-14-30-23)24(17-6-9-19(28)10-7-17)25(27)16(2)31-26(27)32/h4-11,14-16,21,24-25,30H,3,12-13H2,1-2H3,(H,31,32)/t16-,21+,24+,25+,27-/m1/s1. The Labute approximate surface area is 199 Å². The van der Waals surface area contributed by atoms with Crippen LogP contribution < -0.4 is 5.32 Å². The number of nitrogens with one attached hydrogen (secondary N) is 2. The minimum Gasteiger partial charge on any atom is -0.361 e. The molecule has 0 spiro atoms. The zero-order valence-corrected chi connectivity index (χ0v) is 19.9. The van der Waals surface area contributed by atoms with Crippen molar-refractivity contribution in [3.05, 3.63) is 82.0 Å². The summed E-state index contributed by atoms with van der Waals surface area (Å²) in [6, 6.07) is 18.7. The third-order valence-electron chi connectivity index (χ3n) is 7.90. The molecule has 3 nitrogen and oxygen atoms in total. The summed E-state index contributed by atoms with van der Waals surface area (Å²) in [5, 5.41) is 4.79. The first kappa shape index (κ1) is 21.6. The van der Waals surface area contributed by atoms with E-state index in [-0.39, 0.29) is 35.1 Å². The van der Waals surface area contributed by atoms with Gasteiger partial charge in [-0.1, -0.05) is 54.4 Å². The van der Waals surface area contributed by atoms with Gasteiger partial charge in [0, 0.05) is 33.9 Å². The van der Waals surface area contributed by atoms with Crippen LogP contribution in [-0.4, -0.2) is 16.9 Å². The van der Waals surface area contributed by atoms with Gasteiger partial charge in [0.25, 0.3) is 0 Å². The predicted molar refractivity (Wildman–Crippen MR) is 131 cm³/mol. The minimum atomic E-state index is -0.323. The molecule has 0 bridgehead atoms. The molecule has 2 N–H and O–H groups in total. The molecule has 2 aliphatic rings. The lowest BCUT2D eigenvalue weighted by Gasteiger charge is -2.47. The molecule has 3 aromatic rings. The molecule has 2 fully saturated rings. The summed E-state index contributed by atoms with van der Waals surface area (Å²) in [5.41, 5.74) is 4.21. The Hall–Kier alpha value is -2.23. The van der Waals surface area contributed by atoms with Gasteiger partial charge in [0.15, 0.2) is 0 Å². The minimum absolute atomic E-state index is 0.114. The van der Waals surface area contributed by atoms with Crippen LogP contribution in [0.15, 0.2) is 60.8 Å². The van der Waals surface area contributed by atoms with Crippen molar-refractivity contribution in [2.75, 3.05) is 0 Å². The molecule has 2 aromatic carbocycles. The number of hydrogen-bond acceptors (Lipinski definition) is 1. The van der Waals surface area contributed by atoms with Crippen LogP contribution in [0.2, 0.25) is 10.0 Å². The van der Waals surface area contributed by atoms with Crippen molar-refractivity contribution < 1.29 is 4.79 Å². The molecule has 1 saturated carbocycles.